The summed E-state index contributed by atoms with van der Waals surface area (Å²) < 4.78 is 5.86. The number of carbonyl (C=O) groups is 2. The maximum absolute atomic E-state index is 13.3. The average molecular weight is 486 g/mol. The first-order chi connectivity index (χ1) is 17.4. The van der Waals surface area contributed by atoms with Crippen LogP contribution in [0.15, 0.2) is 60.7 Å². The van der Waals surface area contributed by atoms with E-state index in [4.69, 9.17) is 4.74 Å². The van der Waals surface area contributed by atoms with E-state index in [1.807, 2.05) is 43.3 Å². The predicted octanol–water partition coefficient (Wildman–Crippen LogP) is 4.42. The van der Waals surface area contributed by atoms with E-state index >= 15 is 0 Å². The van der Waals surface area contributed by atoms with Crippen LogP contribution in [0.4, 0.5) is 16.2 Å². The van der Waals surface area contributed by atoms with Crippen LogP contribution in [0.1, 0.15) is 28.2 Å². The highest BCUT2D eigenvalue weighted by Crippen LogP contribution is 2.44. The second-order valence-corrected chi connectivity index (χ2v) is 9.42. The van der Waals surface area contributed by atoms with Crippen molar-refractivity contribution in [3.05, 3.63) is 82.9 Å². The molecule has 0 bridgehead atoms. The molecule has 0 saturated carbocycles. The lowest BCUT2D eigenvalue weighted by atomic mass is 9.98. The van der Waals surface area contributed by atoms with Crippen molar-refractivity contribution in [1.82, 2.24) is 5.32 Å². The normalized spacial score (nSPS) is 14.8. The number of amides is 1. The molecule has 1 saturated heterocycles. The van der Waals surface area contributed by atoms with Gasteiger partial charge in [0.1, 0.15) is 6.61 Å². The molecule has 186 valence electrons. The summed E-state index contributed by atoms with van der Waals surface area (Å²) in [5, 5.41) is 12.8. The number of carbonyl (C=O) groups excluding carboxylic acids is 1. The van der Waals surface area contributed by atoms with Crippen LogP contribution in [-0.2, 0) is 16.0 Å². The molecule has 1 amide bonds. The Morgan fingerprint density at radius 1 is 1.03 bits per heavy atom. The van der Waals surface area contributed by atoms with E-state index < -0.39 is 12.1 Å². The number of fused-ring (bicyclic) bond motifs is 3. The van der Waals surface area contributed by atoms with Gasteiger partial charge in [-0.3, -0.25) is 9.69 Å². The van der Waals surface area contributed by atoms with Gasteiger partial charge >= 0.3 is 12.1 Å². The fraction of sp³-hybridized carbons (Fsp3) is 0.310. The number of carboxylic acid groups (broad SMARTS) is 1. The maximum Gasteiger partial charge on any atom is 0.414 e. The molecule has 0 unspecified atom stereocenters. The lowest BCUT2D eigenvalue weighted by molar-refractivity contribution is -0.136. The molecule has 3 aromatic carbocycles. The lowest BCUT2D eigenvalue weighted by Gasteiger charge is -2.31. The third-order valence-electron chi connectivity index (χ3n) is 7.27. The highest BCUT2D eigenvalue weighted by atomic mass is 16.6. The molecule has 1 aliphatic heterocycles. The van der Waals surface area contributed by atoms with Gasteiger partial charge in [0, 0.05) is 44.8 Å². The summed E-state index contributed by atoms with van der Waals surface area (Å²) in [5.74, 6) is -0.920. The SMILES string of the molecule is Cc1c(CC(=O)O)cc(N2CCNCC2)cc1N(C)C(=O)OCC1c2ccccc2-c2ccccc21. The number of carboxylic acids is 1. The van der Waals surface area contributed by atoms with Crippen molar-refractivity contribution in [3.63, 3.8) is 0 Å². The van der Waals surface area contributed by atoms with Gasteiger partial charge in [-0.25, -0.2) is 4.79 Å². The van der Waals surface area contributed by atoms with E-state index in [1.54, 1.807) is 7.05 Å². The number of anilines is 2. The number of hydrogen-bond donors (Lipinski definition) is 2. The number of nitrogens with one attached hydrogen (secondary N) is 1. The van der Waals surface area contributed by atoms with Gasteiger partial charge in [-0.05, 0) is 52.4 Å². The van der Waals surface area contributed by atoms with E-state index in [9.17, 15) is 14.7 Å². The Hall–Kier alpha value is -3.84. The van der Waals surface area contributed by atoms with E-state index in [-0.39, 0.29) is 18.9 Å². The Morgan fingerprint density at radius 3 is 2.25 bits per heavy atom. The standard InChI is InChI=1S/C29H31N3O4/c1-19-20(16-28(33)34)15-21(32-13-11-30-12-14-32)17-27(19)31(2)29(35)36-18-26-24-9-5-3-7-22(24)23-8-4-6-10-25(23)26/h3-10,15,17,26,30H,11-14,16,18H2,1-2H3,(H,33,34). The molecule has 2 aliphatic rings. The number of aliphatic carboxylic acids is 1. The van der Waals surface area contributed by atoms with Crippen molar-refractivity contribution >= 4 is 23.4 Å². The van der Waals surface area contributed by atoms with E-state index in [0.717, 1.165) is 48.6 Å². The van der Waals surface area contributed by atoms with Gasteiger partial charge in [0.25, 0.3) is 0 Å². The second-order valence-electron chi connectivity index (χ2n) is 9.42. The Bertz CT molecular complexity index is 1250. The van der Waals surface area contributed by atoms with Crippen molar-refractivity contribution in [2.24, 2.45) is 0 Å². The minimum absolute atomic E-state index is 0.0226. The predicted molar refractivity (Wildman–Crippen MR) is 141 cm³/mol. The first-order valence-electron chi connectivity index (χ1n) is 12.3. The zero-order valence-corrected chi connectivity index (χ0v) is 20.7. The zero-order valence-electron chi connectivity index (χ0n) is 20.7. The number of ether oxygens (including phenoxy) is 1. The molecule has 0 aromatic heterocycles. The Morgan fingerprint density at radius 2 is 1.64 bits per heavy atom. The Kier molecular flexibility index (Phi) is 6.65. The van der Waals surface area contributed by atoms with E-state index in [1.165, 1.54) is 16.0 Å². The van der Waals surface area contributed by atoms with Crippen molar-refractivity contribution in [2.45, 2.75) is 19.3 Å². The summed E-state index contributed by atoms with van der Waals surface area (Å²) in [5.41, 5.74) is 7.75. The van der Waals surface area contributed by atoms with Crippen LogP contribution in [0.2, 0.25) is 0 Å². The molecule has 5 rings (SSSR count). The molecule has 1 aliphatic carbocycles. The third kappa shape index (κ3) is 4.54. The molecule has 7 heteroatoms. The molecule has 3 aromatic rings. The summed E-state index contributed by atoms with van der Waals surface area (Å²) in [7, 11) is 1.69. The Balaban J connectivity index is 1.39. The molecular formula is C29H31N3O4. The van der Waals surface area contributed by atoms with Crippen LogP contribution in [0, 0.1) is 6.92 Å². The number of rotatable bonds is 6. The summed E-state index contributed by atoms with van der Waals surface area (Å²) >= 11 is 0. The van der Waals surface area contributed by atoms with Gasteiger partial charge in [-0.1, -0.05) is 48.5 Å². The van der Waals surface area contributed by atoms with Crippen LogP contribution >= 0.6 is 0 Å². The summed E-state index contributed by atoms with van der Waals surface area (Å²) in [6, 6.07) is 20.4. The highest BCUT2D eigenvalue weighted by molar-refractivity contribution is 5.90. The summed E-state index contributed by atoms with van der Waals surface area (Å²) in [6.45, 7) is 5.46. The molecule has 0 atom stereocenters. The Labute approximate surface area is 211 Å². The molecule has 36 heavy (non-hydrogen) atoms. The van der Waals surface area contributed by atoms with Gasteiger partial charge in [-0.15, -0.1) is 0 Å². The quantitative estimate of drug-likeness (QED) is 0.538. The highest BCUT2D eigenvalue weighted by Gasteiger charge is 2.30. The van der Waals surface area contributed by atoms with Crippen molar-refractivity contribution in [1.29, 1.82) is 0 Å². The van der Waals surface area contributed by atoms with Gasteiger partial charge in [0.15, 0.2) is 0 Å². The van der Waals surface area contributed by atoms with Crippen LogP contribution in [0.5, 0.6) is 0 Å². The van der Waals surface area contributed by atoms with Gasteiger partial charge in [0.05, 0.1) is 12.1 Å². The number of nitrogens with zero attached hydrogens (tertiary/aromatic N) is 2. The van der Waals surface area contributed by atoms with E-state index in [0.29, 0.717) is 11.3 Å². The first-order valence-corrected chi connectivity index (χ1v) is 12.3. The lowest BCUT2D eigenvalue weighted by Crippen LogP contribution is -2.43. The molecule has 1 fully saturated rings. The van der Waals surface area contributed by atoms with Gasteiger partial charge < -0.3 is 20.1 Å². The van der Waals surface area contributed by atoms with Crippen LogP contribution in [0.25, 0.3) is 11.1 Å². The zero-order chi connectivity index (χ0) is 25.2. The molecule has 2 N–H and O–H groups in total. The fourth-order valence-corrected chi connectivity index (χ4v) is 5.33. The molecular weight excluding hydrogens is 454 g/mol. The van der Waals surface area contributed by atoms with E-state index in [2.05, 4.69) is 34.5 Å². The van der Waals surface area contributed by atoms with Crippen molar-refractivity contribution < 1.29 is 19.4 Å². The van der Waals surface area contributed by atoms with Gasteiger partial charge in [-0.2, -0.15) is 0 Å². The van der Waals surface area contributed by atoms with Crippen LogP contribution < -0.4 is 15.1 Å². The monoisotopic (exact) mass is 485 g/mol. The second kappa shape index (κ2) is 10.0. The molecule has 7 nitrogen and oxygen atoms in total. The minimum Gasteiger partial charge on any atom is -0.481 e. The topological polar surface area (TPSA) is 82.1 Å². The number of benzene rings is 3. The minimum atomic E-state index is -0.898. The van der Waals surface area contributed by atoms with Crippen LogP contribution in [-0.4, -0.2) is 57.0 Å². The fourth-order valence-electron chi connectivity index (χ4n) is 5.33. The van der Waals surface area contributed by atoms with Crippen molar-refractivity contribution in [3.8, 4) is 11.1 Å². The van der Waals surface area contributed by atoms with Gasteiger partial charge in [0.2, 0.25) is 0 Å². The third-order valence-corrected chi connectivity index (χ3v) is 7.27. The first kappa shape index (κ1) is 23.9. The smallest absolute Gasteiger partial charge is 0.414 e. The molecule has 1 heterocycles. The number of hydrogen-bond acceptors (Lipinski definition) is 5. The number of piperazine rings is 1. The summed E-state index contributed by atoms with van der Waals surface area (Å²) in [4.78, 5) is 28.5. The van der Waals surface area contributed by atoms with Crippen molar-refractivity contribution in [2.75, 3.05) is 49.6 Å². The molecule has 0 spiro atoms. The largest absolute Gasteiger partial charge is 0.481 e. The molecule has 0 radical (unpaired) electrons. The average Bonchev–Trinajstić information content (AvgIpc) is 3.22. The van der Waals surface area contributed by atoms with Crippen LogP contribution in [0.3, 0.4) is 0 Å². The summed E-state index contributed by atoms with van der Waals surface area (Å²) in [6.07, 6.45) is -0.559. The maximum atomic E-state index is 13.3.